The molecule has 1 amide bonds. The SMILES string of the molecule is COc1ccc([C@H]2CCC(=O)N2CCCc2ccccc2)cc1. The summed E-state index contributed by atoms with van der Waals surface area (Å²) in [4.78, 5) is 14.3. The Hall–Kier alpha value is -2.29. The Kier molecular flexibility index (Phi) is 4.96. The average molecular weight is 309 g/mol. The molecule has 0 spiro atoms. The van der Waals surface area contributed by atoms with E-state index in [9.17, 15) is 4.79 Å². The van der Waals surface area contributed by atoms with Gasteiger partial charge in [0.2, 0.25) is 5.91 Å². The first-order chi connectivity index (χ1) is 11.3. The number of aryl methyl sites for hydroxylation is 1. The van der Waals surface area contributed by atoms with Gasteiger partial charge in [-0.25, -0.2) is 0 Å². The quantitative estimate of drug-likeness (QED) is 0.807. The van der Waals surface area contributed by atoms with Crippen molar-refractivity contribution in [1.82, 2.24) is 4.90 Å². The van der Waals surface area contributed by atoms with E-state index in [4.69, 9.17) is 4.74 Å². The Balaban J connectivity index is 1.62. The molecule has 0 radical (unpaired) electrons. The second kappa shape index (κ2) is 7.32. The van der Waals surface area contributed by atoms with Gasteiger partial charge in [0.15, 0.2) is 0 Å². The highest BCUT2D eigenvalue weighted by molar-refractivity contribution is 5.79. The summed E-state index contributed by atoms with van der Waals surface area (Å²) in [6, 6.07) is 18.8. The van der Waals surface area contributed by atoms with E-state index in [0.29, 0.717) is 6.42 Å². The van der Waals surface area contributed by atoms with E-state index in [2.05, 4.69) is 36.4 Å². The smallest absolute Gasteiger partial charge is 0.223 e. The molecule has 0 aliphatic carbocycles. The molecule has 0 N–H and O–H groups in total. The summed E-state index contributed by atoms with van der Waals surface area (Å²) in [5, 5.41) is 0. The van der Waals surface area contributed by atoms with Gasteiger partial charge in [-0.05, 0) is 42.5 Å². The van der Waals surface area contributed by atoms with Crippen LogP contribution >= 0.6 is 0 Å². The highest BCUT2D eigenvalue weighted by atomic mass is 16.5. The van der Waals surface area contributed by atoms with Crippen molar-refractivity contribution < 1.29 is 9.53 Å². The lowest BCUT2D eigenvalue weighted by atomic mass is 10.0. The van der Waals surface area contributed by atoms with Gasteiger partial charge in [0.05, 0.1) is 13.2 Å². The Morgan fingerprint density at radius 2 is 1.83 bits per heavy atom. The van der Waals surface area contributed by atoms with Crippen molar-refractivity contribution in [3.63, 3.8) is 0 Å². The van der Waals surface area contributed by atoms with E-state index < -0.39 is 0 Å². The molecular formula is C20H23NO2. The molecule has 2 aromatic rings. The number of hydrogen-bond acceptors (Lipinski definition) is 2. The van der Waals surface area contributed by atoms with Gasteiger partial charge in [0.1, 0.15) is 5.75 Å². The van der Waals surface area contributed by atoms with Gasteiger partial charge in [-0.2, -0.15) is 0 Å². The predicted octanol–water partition coefficient (Wildman–Crippen LogP) is 3.99. The van der Waals surface area contributed by atoms with Gasteiger partial charge in [0, 0.05) is 13.0 Å². The van der Waals surface area contributed by atoms with Gasteiger partial charge >= 0.3 is 0 Å². The monoisotopic (exact) mass is 309 g/mol. The first kappa shape index (κ1) is 15.6. The van der Waals surface area contributed by atoms with Crippen LogP contribution in [0.5, 0.6) is 5.75 Å². The van der Waals surface area contributed by atoms with Gasteiger partial charge in [-0.1, -0.05) is 42.5 Å². The number of hydrogen-bond donors (Lipinski definition) is 0. The Bertz CT molecular complexity index is 636. The van der Waals surface area contributed by atoms with Crippen molar-refractivity contribution in [1.29, 1.82) is 0 Å². The highest BCUT2D eigenvalue weighted by Crippen LogP contribution is 2.33. The maximum atomic E-state index is 12.2. The summed E-state index contributed by atoms with van der Waals surface area (Å²) in [7, 11) is 1.67. The number of amides is 1. The number of likely N-dealkylation sites (tertiary alicyclic amines) is 1. The van der Waals surface area contributed by atoms with Crippen LogP contribution in [0.3, 0.4) is 0 Å². The number of rotatable bonds is 6. The fourth-order valence-electron chi connectivity index (χ4n) is 3.28. The molecule has 1 fully saturated rings. The summed E-state index contributed by atoms with van der Waals surface area (Å²) in [5.41, 5.74) is 2.54. The molecule has 0 aromatic heterocycles. The topological polar surface area (TPSA) is 29.5 Å². The molecule has 3 heteroatoms. The molecule has 0 bridgehead atoms. The fourth-order valence-corrected chi connectivity index (χ4v) is 3.28. The lowest BCUT2D eigenvalue weighted by Crippen LogP contribution is -2.29. The van der Waals surface area contributed by atoms with Crippen LogP contribution < -0.4 is 4.74 Å². The molecule has 1 saturated heterocycles. The first-order valence-corrected chi connectivity index (χ1v) is 8.25. The molecule has 120 valence electrons. The van der Waals surface area contributed by atoms with Gasteiger partial charge in [0.25, 0.3) is 0 Å². The average Bonchev–Trinajstić information content (AvgIpc) is 2.97. The zero-order valence-electron chi connectivity index (χ0n) is 13.6. The Labute approximate surface area is 137 Å². The van der Waals surface area contributed by atoms with Gasteiger partial charge in [-0.3, -0.25) is 4.79 Å². The van der Waals surface area contributed by atoms with E-state index in [1.165, 1.54) is 11.1 Å². The minimum atomic E-state index is 0.212. The van der Waals surface area contributed by atoms with E-state index in [1.807, 2.05) is 23.1 Å². The summed E-state index contributed by atoms with van der Waals surface area (Å²) >= 11 is 0. The molecule has 1 heterocycles. The molecule has 23 heavy (non-hydrogen) atoms. The summed E-state index contributed by atoms with van der Waals surface area (Å²) in [5.74, 6) is 1.13. The lowest BCUT2D eigenvalue weighted by molar-refractivity contribution is -0.129. The number of carbonyl (C=O) groups excluding carboxylic acids is 1. The normalized spacial score (nSPS) is 17.5. The maximum absolute atomic E-state index is 12.2. The zero-order chi connectivity index (χ0) is 16.1. The maximum Gasteiger partial charge on any atom is 0.223 e. The zero-order valence-corrected chi connectivity index (χ0v) is 13.6. The number of nitrogens with zero attached hydrogens (tertiary/aromatic N) is 1. The molecule has 1 atom stereocenters. The summed E-state index contributed by atoms with van der Waals surface area (Å²) < 4.78 is 5.21. The van der Waals surface area contributed by atoms with Crippen LogP contribution in [0.2, 0.25) is 0 Å². The van der Waals surface area contributed by atoms with Crippen molar-refractivity contribution in [2.24, 2.45) is 0 Å². The summed E-state index contributed by atoms with van der Waals surface area (Å²) in [6.07, 6.45) is 3.58. The minimum absolute atomic E-state index is 0.212. The number of carbonyl (C=O) groups is 1. The van der Waals surface area contributed by atoms with Gasteiger partial charge < -0.3 is 9.64 Å². The van der Waals surface area contributed by atoms with Crippen molar-refractivity contribution in [3.05, 3.63) is 65.7 Å². The summed E-state index contributed by atoms with van der Waals surface area (Å²) in [6.45, 7) is 0.824. The molecule has 3 nitrogen and oxygen atoms in total. The molecule has 3 rings (SSSR count). The lowest BCUT2D eigenvalue weighted by Gasteiger charge is -2.25. The van der Waals surface area contributed by atoms with E-state index in [-0.39, 0.29) is 11.9 Å². The number of ether oxygens (including phenoxy) is 1. The number of benzene rings is 2. The molecule has 2 aromatic carbocycles. The van der Waals surface area contributed by atoms with Crippen LogP contribution in [0.15, 0.2) is 54.6 Å². The van der Waals surface area contributed by atoms with Crippen molar-refractivity contribution in [3.8, 4) is 5.75 Å². The van der Waals surface area contributed by atoms with E-state index in [0.717, 1.165) is 31.6 Å². The van der Waals surface area contributed by atoms with E-state index >= 15 is 0 Å². The van der Waals surface area contributed by atoms with Gasteiger partial charge in [-0.15, -0.1) is 0 Å². The molecule has 1 aliphatic heterocycles. The van der Waals surface area contributed by atoms with Crippen LogP contribution in [-0.2, 0) is 11.2 Å². The predicted molar refractivity (Wildman–Crippen MR) is 91.4 cm³/mol. The van der Waals surface area contributed by atoms with Crippen molar-refractivity contribution in [2.45, 2.75) is 31.7 Å². The van der Waals surface area contributed by atoms with Crippen LogP contribution in [0, 0.1) is 0 Å². The second-order valence-corrected chi connectivity index (χ2v) is 6.00. The van der Waals surface area contributed by atoms with Crippen LogP contribution in [-0.4, -0.2) is 24.5 Å². The molecule has 1 aliphatic rings. The third-order valence-corrected chi connectivity index (χ3v) is 4.54. The Morgan fingerprint density at radius 3 is 2.52 bits per heavy atom. The third-order valence-electron chi connectivity index (χ3n) is 4.54. The minimum Gasteiger partial charge on any atom is -0.497 e. The highest BCUT2D eigenvalue weighted by Gasteiger charge is 2.31. The van der Waals surface area contributed by atoms with Crippen LogP contribution in [0.25, 0.3) is 0 Å². The standard InChI is InChI=1S/C20H23NO2/c1-23-18-11-9-17(10-12-18)19-13-14-20(22)21(19)15-5-8-16-6-3-2-4-7-16/h2-4,6-7,9-12,19H,5,8,13-15H2,1H3/t19-/m1/s1. The van der Waals surface area contributed by atoms with Crippen molar-refractivity contribution in [2.75, 3.05) is 13.7 Å². The second-order valence-electron chi connectivity index (χ2n) is 6.00. The van der Waals surface area contributed by atoms with Crippen LogP contribution in [0.1, 0.15) is 36.4 Å². The molecular weight excluding hydrogens is 286 g/mol. The molecule has 0 unspecified atom stereocenters. The largest absolute Gasteiger partial charge is 0.497 e. The van der Waals surface area contributed by atoms with E-state index in [1.54, 1.807) is 7.11 Å². The number of methoxy groups -OCH3 is 1. The third kappa shape index (κ3) is 3.73. The first-order valence-electron chi connectivity index (χ1n) is 8.25. The fraction of sp³-hybridized carbons (Fsp3) is 0.350. The Morgan fingerprint density at radius 1 is 1.09 bits per heavy atom. The molecule has 0 saturated carbocycles. The van der Waals surface area contributed by atoms with Crippen molar-refractivity contribution >= 4 is 5.91 Å². The van der Waals surface area contributed by atoms with Crippen LogP contribution in [0.4, 0.5) is 0 Å².